The molecule has 6 heteroatoms. The summed E-state index contributed by atoms with van der Waals surface area (Å²) in [6.45, 7) is 0. The molecule has 0 amide bonds. The molecule has 94 valence electrons. The Morgan fingerprint density at radius 1 is 1.11 bits per heavy atom. The fourth-order valence-electron chi connectivity index (χ4n) is 1.67. The predicted octanol–water partition coefficient (Wildman–Crippen LogP) is 1.41. The van der Waals surface area contributed by atoms with Crippen molar-refractivity contribution >= 4 is 0 Å². The predicted molar refractivity (Wildman–Crippen MR) is 67.4 cm³/mol. The molecule has 3 aromatic rings. The normalized spacial score (nSPS) is 10.5. The van der Waals surface area contributed by atoms with E-state index < -0.39 is 0 Å². The minimum absolute atomic E-state index is 0.271. The second kappa shape index (κ2) is 4.85. The summed E-state index contributed by atoms with van der Waals surface area (Å²) in [6.07, 6.45) is 0.591. The van der Waals surface area contributed by atoms with E-state index in [1.54, 1.807) is 6.07 Å². The second-order valence-electron chi connectivity index (χ2n) is 3.98. The van der Waals surface area contributed by atoms with E-state index in [-0.39, 0.29) is 5.56 Å². The molecule has 2 heterocycles. The van der Waals surface area contributed by atoms with Gasteiger partial charge in [0.15, 0.2) is 5.82 Å². The minimum atomic E-state index is -0.271. The Bertz CT molecular complexity index is 713. The lowest BCUT2D eigenvalue weighted by atomic mass is 10.1. The number of aromatic nitrogens is 4. The van der Waals surface area contributed by atoms with Crippen molar-refractivity contribution in [1.82, 2.24) is 20.3 Å². The summed E-state index contributed by atoms with van der Waals surface area (Å²) in [5.41, 5.74) is 1.28. The Morgan fingerprint density at radius 3 is 2.68 bits per heavy atom. The molecule has 0 spiro atoms. The highest BCUT2D eigenvalue weighted by atomic mass is 16.5. The number of hydrogen-bond donors (Lipinski definition) is 1. The van der Waals surface area contributed by atoms with Gasteiger partial charge in [0.1, 0.15) is 5.69 Å². The molecule has 0 fully saturated rings. The van der Waals surface area contributed by atoms with Crippen LogP contribution in [0.5, 0.6) is 0 Å². The first-order chi connectivity index (χ1) is 9.31. The largest absolute Gasteiger partial charge is 0.332 e. The van der Waals surface area contributed by atoms with E-state index >= 15 is 0 Å². The van der Waals surface area contributed by atoms with Gasteiger partial charge in [0, 0.05) is 12.5 Å². The van der Waals surface area contributed by atoms with Crippen LogP contribution in [0.2, 0.25) is 0 Å². The van der Waals surface area contributed by atoms with E-state index in [2.05, 4.69) is 20.3 Å². The minimum Gasteiger partial charge on any atom is -0.332 e. The number of aromatic amines is 1. The molecule has 19 heavy (non-hydrogen) atoms. The topological polar surface area (TPSA) is 84.7 Å². The van der Waals surface area contributed by atoms with Crippen LogP contribution in [0.25, 0.3) is 11.6 Å². The monoisotopic (exact) mass is 254 g/mol. The Kier molecular flexibility index (Phi) is 2.89. The molecule has 0 saturated carbocycles. The molecule has 0 saturated heterocycles. The van der Waals surface area contributed by atoms with Crippen LogP contribution in [0.3, 0.4) is 0 Å². The molecule has 0 bridgehead atoms. The molecular weight excluding hydrogens is 244 g/mol. The summed E-state index contributed by atoms with van der Waals surface area (Å²) < 4.78 is 5.12. The fraction of sp³-hybridized carbons (Fsp3) is 0.0769. The lowest BCUT2D eigenvalue weighted by molar-refractivity contribution is 0.422. The van der Waals surface area contributed by atoms with E-state index in [1.165, 1.54) is 6.07 Å². The molecule has 0 unspecified atom stereocenters. The van der Waals surface area contributed by atoms with Crippen molar-refractivity contribution in [3.05, 3.63) is 64.2 Å². The second-order valence-corrected chi connectivity index (χ2v) is 3.98. The number of nitrogens with one attached hydrogen (secondary N) is 1. The van der Waals surface area contributed by atoms with Crippen molar-refractivity contribution in [1.29, 1.82) is 0 Å². The average molecular weight is 254 g/mol. The standard InChI is InChI=1S/C13H10N4O2/c18-12-7-6-10(15-16-12)13-14-11(17-19-13)8-9-4-2-1-3-5-9/h1-7H,8H2,(H,16,18). The molecule has 0 aliphatic carbocycles. The summed E-state index contributed by atoms with van der Waals surface area (Å²) in [6, 6.07) is 12.8. The van der Waals surface area contributed by atoms with E-state index in [4.69, 9.17) is 4.52 Å². The first kappa shape index (κ1) is 11.3. The average Bonchev–Trinajstić information content (AvgIpc) is 2.89. The lowest BCUT2D eigenvalue weighted by Crippen LogP contribution is -2.05. The van der Waals surface area contributed by atoms with Gasteiger partial charge in [-0.3, -0.25) is 4.79 Å². The van der Waals surface area contributed by atoms with Gasteiger partial charge in [-0.25, -0.2) is 5.10 Å². The van der Waals surface area contributed by atoms with Crippen molar-refractivity contribution in [2.75, 3.05) is 0 Å². The first-order valence-corrected chi connectivity index (χ1v) is 5.74. The maximum absolute atomic E-state index is 10.9. The Hall–Kier alpha value is -2.76. The first-order valence-electron chi connectivity index (χ1n) is 5.74. The van der Waals surface area contributed by atoms with E-state index in [0.29, 0.717) is 23.8 Å². The number of hydrogen-bond acceptors (Lipinski definition) is 5. The molecule has 2 aromatic heterocycles. The smallest absolute Gasteiger partial charge is 0.278 e. The third-order valence-electron chi connectivity index (χ3n) is 2.57. The molecule has 0 radical (unpaired) electrons. The third-order valence-corrected chi connectivity index (χ3v) is 2.57. The maximum atomic E-state index is 10.9. The zero-order valence-electron chi connectivity index (χ0n) is 9.91. The molecule has 1 aromatic carbocycles. The Morgan fingerprint density at radius 2 is 1.95 bits per heavy atom. The van der Waals surface area contributed by atoms with Crippen molar-refractivity contribution in [3.63, 3.8) is 0 Å². The van der Waals surface area contributed by atoms with Gasteiger partial charge >= 0.3 is 0 Å². The summed E-state index contributed by atoms with van der Waals surface area (Å²) >= 11 is 0. The molecule has 3 rings (SSSR count). The van der Waals surface area contributed by atoms with Crippen LogP contribution in [0, 0.1) is 0 Å². The summed E-state index contributed by atoms with van der Waals surface area (Å²) in [4.78, 5) is 15.2. The van der Waals surface area contributed by atoms with Crippen LogP contribution in [0.4, 0.5) is 0 Å². The van der Waals surface area contributed by atoms with Crippen LogP contribution in [-0.4, -0.2) is 20.3 Å². The number of H-pyrrole nitrogens is 1. The molecule has 1 N–H and O–H groups in total. The third kappa shape index (κ3) is 2.57. The van der Waals surface area contributed by atoms with Crippen molar-refractivity contribution in [3.8, 4) is 11.6 Å². The van der Waals surface area contributed by atoms with Crippen LogP contribution < -0.4 is 5.56 Å². The van der Waals surface area contributed by atoms with Gasteiger partial charge in [-0.15, -0.1) is 0 Å². The molecule has 6 nitrogen and oxygen atoms in total. The number of benzene rings is 1. The summed E-state index contributed by atoms with van der Waals surface area (Å²) in [7, 11) is 0. The van der Waals surface area contributed by atoms with Crippen LogP contribution >= 0.6 is 0 Å². The number of nitrogens with zero attached hydrogens (tertiary/aromatic N) is 3. The number of rotatable bonds is 3. The van der Waals surface area contributed by atoms with Crippen molar-refractivity contribution in [2.24, 2.45) is 0 Å². The van der Waals surface area contributed by atoms with E-state index in [9.17, 15) is 4.79 Å². The molecular formula is C13H10N4O2. The van der Waals surface area contributed by atoms with E-state index in [1.807, 2.05) is 30.3 Å². The lowest BCUT2D eigenvalue weighted by Gasteiger charge is -1.94. The van der Waals surface area contributed by atoms with Gasteiger partial charge in [0.05, 0.1) is 0 Å². The van der Waals surface area contributed by atoms with Gasteiger partial charge in [0.2, 0.25) is 0 Å². The Balaban J connectivity index is 1.83. The SMILES string of the molecule is O=c1ccc(-c2nc(Cc3ccccc3)no2)n[nH]1. The maximum Gasteiger partial charge on any atom is 0.278 e. The molecule has 0 aliphatic heterocycles. The zero-order chi connectivity index (χ0) is 13.1. The quantitative estimate of drug-likeness (QED) is 0.763. The van der Waals surface area contributed by atoms with Gasteiger partial charge < -0.3 is 4.52 Å². The van der Waals surface area contributed by atoms with Gasteiger partial charge in [-0.05, 0) is 11.6 Å². The zero-order valence-corrected chi connectivity index (χ0v) is 9.91. The van der Waals surface area contributed by atoms with Crippen LogP contribution in [-0.2, 0) is 6.42 Å². The highest BCUT2D eigenvalue weighted by molar-refractivity contribution is 5.44. The van der Waals surface area contributed by atoms with Gasteiger partial charge in [-0.2, -0.15) is 10.1 Å². The van der Waals surface area contributed by atoms with Crippen molar-refractivity contribution < 1.29 is 4.52 Å². The van der Waals surface area contributed by atoms with Gasteiger partial charge in [0.25, 0.3) is 11.4 Å². The summed E-state index contributed by atoms with van der Waals surface area (Å²) in [5.74, 6) is 0.872. The molecule has 0 aliphatic rings. The van der Waals surface area contributed by atoms with Crippen molar-refractivity contribution in [2.45, 2.75) is 6.42 Å². The van der Waals surface area contributed by atoms with Crippen LogP contribution in [0.1, 0.15) is 11.4 Å². The Labute approximate surface area is 108 Å². The fourth-order valence-corrected chi connectivity index (χ4v) is 1.67. The highest BCUT2D eigenvalue weighted by Crippen LogP contribution is 2.13. The van der Waals surface area contributed by atoms with Gasteiger partial charge in [-0.1, -0.05) is 35.5 Å². The van der Waals surface area contributed by atoms with E-state index in [0.717, 1.165) is 5.56 Å². The summed E-state index contributed by atoms with van der Waals surface area (Å²) in [5, 5.41) is 10.1. The van der Waals surface area contributed by atoms with Crippen LogP contribution in [0.15, 0.2) is 51.8 Å². The molecule has 0 atom stereocenters. The highest BCUT2D eigenvalue weighted by Gasteiger charge is 2.10.